The van der Waals surface area contributed by atoms with Crippen LogP contribution >= 0.6 is 0 Å². The summed E-state index contributed by atoms with van der Waals surface area (Å²) in [5, 5.41) is 27.6. The van der Waals surface area contributed by atoms with Crippen LogP contribution in [-0.2, 0) is 0 Å². The van der Waals surface area contributed by atoms with Crippen molar-refractivity contribution in [2.45, 2.75) is 80.2 Å². The quantitative estimate of drug-likeness (QED) is 0.305. The topological polar surface area (TPSA) is 88.2 Å². The van der Waals surface area contributed by atoms with Gasteiger partial charge in [0.05, 0.1) is 22.8 Å². The largest absolute Gasteiger partial charge is 0.311 e. The average Bonchev–Trinajstić information content (AvgIpc) is 2.82. The third kappa shape index (κ3) is 7.25. The zero-order valence-electron chi connectivity index (χ0n) is 24.6. The molecular weight excluding hydrogens is 468 g/mol. The lowest BCUT2D eigenvalue weighted by atomic mass is 9.71. The summed E-state index contributed by atoms with van der Waals surface area (Å²) in [6, 6.07) is 2.04. The molecule has 3 heterocycles. The molecule has 2 aliphatic rings. The Morgan fingerprint density at radius 3 is 2.58 bits per heavy atom. The second-order valence-electron chi connectivity index (χ2n) is 12.0. The summed E-state index contributed by atoms with van der Waals surface area (Å²) in [5.74, 6) is 1.60. The molecule has 0 radical (unpaired) electrons. The highest BCUT2D eigenvalue weighted by Crippen LogP contribution is 2.35. The first-order valence-corrected chi connectivity index (χ1v) is 13.8. The maximum Gasteiger partial charge on any atom is 0.0931 e. The lowest BCUT2D eigenvalue weighted by Crippen LogP contribution is -2.52. The molecule has 0 aliphatic carbocycles. The summed E-state index contributed by atoms with van der Waals surface area (Å²) in [6.07, 6.45) is 12.0. The first-order valence-electron chi connectivity index (χ1n) is 13.8. The van der Waals surface area contributed by atoms with E-state index in [9.17, 15) is 0 Å². The van der Waals surface area contributed by atoms with Gasteiger partial charge in [0.15, 0.2) is 0 Å². The normalized spacial score (nSPS) is 21.4. The van der Waals surface area contributed by atoms with E-state index >= 15 is 0 Å². The van der Waals surface area contributed by atoms with E-state index in [1.807, 2.05) is 38.0 Å². The smallest absolute Gasteiger partial charge is 0.0931 e. The van der Waals surface area contributed by atoms with Crippen molar-refractivity contribution in [3.8, 4) is 0 Å². The Balaban J connectivity index is 1.75. The predicted molar refractivity (Wildman–Crippen MR) is 161 cm³/mol. The molecule has 6 nitrogen and oxygen atoms in total. The SMILES string of the molecule is C=C1C(CC)=CC(c2cnc(C(=N)/C=C\C(=N)CC3CC(C)(C)NC[C@@H]3C(C)C)c(C)c2)=NN1C=C(C)C. The van der Waals surface area contributed by atoms with Crippen LogP contribution in [0, 0.1) is 35.5 Å². The molecule has 3 rings (SSSR count). The van der Waals surface area contributed by atoms with Crippen molar-refractivity contribution in [3.63, 3.8) is 0 Å². The summed E-state index contributed by atoms with van der Waals surface area (Å²) >= 11 is 0. The Bertz CT molecular complexity index is 1210. The molecule has 1 unspecified atom stereocenters. The molecule has 0 saturated carbocycles. The molecule has 1 fully saturated rings. The van der Waals surface area contributed by atoms with Crippen molar-refractivity contribution < 1.29 is 0 Å². The van der Waals surface area contributed by atoms with Gasteiger partial charge in [-0.25, -0.2) is 5.01 Å². The fourth-order valence-electron chi connectivity index (χ4n) is 5.45. The number of nitrogens with one attached hydrogen (secondary N) is 3. The summed E-state index contributed by atoms with van der Waals surface area (Å²) in [5.41, 5.74) is 7.45. The van der Waals surface area contributed by atoms with Crippen LogP contribution in [0.3, 0.4) is 0 Å². The second kappa shape index (κ2) is 12.2. The fraction of sp³-hybridized carbons (Fsp3) is 0.500. The summed E-state index contributed by atoms with van der Waals surface area (Å²) in [6.45, 7) is 22.4. The molecule has 0 spiro atoms. The minimum atomic E-state index is 0.0984. The number of aryl methyl sites for hydroxylation is 1. The van der Waals surface area contributed by atoms with Crippen LogP contribution in [-0.4, -0.2) is 39.2 Å². The summed E-state index contributed by atoms with van der Waals surface area (Å²) < 4.78 is 0. The number of hydrogen-bond acceptors (Lipinski definition) is 6. The van der Waals surface area contributed by atoms with Gasteiger partial charge in [-0.15, -0.1) is 0 Å². The molecule has 6 heteroatoms. The van der Waals surface area contributed by atoms with Crippen LogP contribution in [0.4, 0.5) is 0 Å². The van der Waals surface area contributed by atoms with Gasteiger partial charge < -0.3 is 10.7 Å². The molecule has 0 amide bonds. The third-order valence-electron chi connectivity index (χ3n) is 7.55. The van der Waals surface area contributed by atoms with E-state index < -0.39 is 0 Å². The van der Waals surface area contributed by atoms with Crippen molar-refractivity contribution in [3.05, 3.63) is 76.9 Å². The highest BCUT2D eigenvalue weighted by atomic mass is 15.5. The van der Waals surface area contributed by atoms with Crippen molar-refractivity contribution in [1.82, 2.24) is 15.3 Å². The standard InChI is InChI=1S/C32H46N6/c1-10-24-15-30(37-38(23(24)7)19-20(2)3)26-13-22(6)31(35-17-26)29(34)12-11-27(33)14-25-16-32(8,9)36-18-28(25)21(4)5/h11-13,15,17,19,21,25,28,33-34,36H,7,10,14,16,18H2,1-6,8-9H3/b12-11-,33-27?,34-29?/t25?,28-/m1/s1. The van der Waals surface area contributed by atoms with Gasteiger partial charge in [0.25, 0.3) is 0 Å². The number of nitrogens with zero attached hydrogens (tertiary/aromatic N) is 3. The van der Waals surface area contributed by atoms with E-state index in [1.165, 1.54) is 0 Å². The number of piperidine rings is 1. The summed E-state index contributed by atoms with van der Waals surface area (Å²) in [7, 11) is 0. The van der Waals surface area contributed by atoms with Crippen LogP contribution in [0.5, 0.6) is 0 Å². The lowest BCUT2D eigenvalue weighted by molar-refractivity contribution is 0.129. The van der Waals surface area contributed by atoms with Crippen LogP contribution in [0.15, 0.2) is 65.2 Å². The first kappa shape index (κ1) is 29.4. The van der Waals surface area contributed by atoms with Gasteiger partial charge in [0.2, 0.25) is 0 Å². The molecule has 2 aliphatic heterocycles. The minimum absolute atomic E-state index is 0.0984. The monoisotopic (exact) mass is 514 g/mol. The van der Waals surface area contributed by atoms with Crippen LogP contribution in [0.2, 0.25) is 0 Å². The molecule has 1 saturated heterocycles. The predicted octanol–water partition coefficient (Wildman–Crippen LogP) is 7.18. The minimum Gasteiger partial charge on any atom is -0.311 e. The molecular formula is C32H46N6. The van der Waals surface area contributed by atoms with E-state index in [0.29, 0.717) is 34.9 Å². The van der Waals surface area contributed by atoms with Gasteiger partial charge in [-0.2, -0.15) is 5.10 Å². The zero-order valence-corrected chi connectivity index (χ0v) is 24.6. The molecule has 2 atom stereocenters. The molecule has 204 valence electrons. The highest BCUT2D eigenvalue weighted by molar-refractivity contribution is 6.12. The second-order valence-corrected chi connectivity index (χ2v) is 12.0. The lowest BCUT2D eigenvalue weighted by Gasteiger charge is -2.43. The Morgan fingerprint density at radius 1 is 1.26 bits per heavy atom. The molecule has 38 heavy (non-hydrogen) atoms. The zero-order chi connectivity index (χ0) is 28.2. The Labute approximate surface area is 229 Å². The number of hydrazone groups is 1. The van der Waals surface area contributed by atoms with Gasteiger partial charge in [-0.05, 0) is 114 Å². The van der Waals surface area contributed by atoms with Crippen molar-refractivity contribution in [1.29, 1.82) is 10.8 Å². The van der Waals surface area contributed by atoms with E-state index in [-0.39, 0.29) is 5.54 Å². The van der Waals surface area contributed by atoms with Crippen LogP contribution < -0.4 is 5.32 Å². The maximum absolute atomic E-state index is 8.64. The van der Waals surface area contributed by atoms with Crippen molar-refractivity contribution in [2.75, 3.05) is 6.54 Å². The van der Waals surface area contributed by atoms with Gasteiger partial charge in [-0.3, -0.25) is 10.4 Å². The van der Waals surface area contributed by atoms with Gasteiger partial charge in [-0.1, -0.05) is 32.9 Å². The van der Waals surface area contributed by atoms with Gasteiger partial charge >= 0.3 is 0 Å². The molecule has 1 aromatic rings. The third-order valence-corrected chi connectivity index (χ3v) is 7.55. The maximum atomic E-state index is 8.64. The molecule has 3 N–H and O–H groups in total. The van der Waals surface area contributed by atoms with E-state index in [0.717, 1.165) is 59.5 Å². The van der Waals surface area contributed by atoms with Crippen LogP contribution in [0.25, 0.3) is 0 Å². The average molecular weight is 515 g/mol. The van der Waals surface area contributed by atoms with Gasteiger partial charge in [0.1, 0.15) is 0 Å². The molecule has 0 aromatic carbocycles. The van der Waals surface area contributed by atoms with Crippen molar-refractivity contribution >= 4 is 17.1 Å². The number of rotatable bonds is 9. The Kier molecular flexibility index (Phi) is 9.42. The highest BCUT2D eigenvalue weighted by Gasteiger charge is 2.36. The van der Waals surface area contributed by atoms with E-state index in [2.05, 4.69) is 57.6 Å². The summed E-state index contributed by atoms with van der Waals surface area (Å²) in [4.78, 5) is 4.64. The Hall–Kier alpha value is -3.12. The number of allylic oxidation sites excluding steroid dienone is 5. The first-order chi connectivity index (χ1) is 17.8. The van der Waals surface area contributed by atoms with E-state index in [4.69, 9.17) is 15.9 Å². The number of hydrogen-bond donors (Lipinski definition) is 3. The Morgan fingerprint density at radius 2 is 1.97 bits per heavy atom. The number of pyridine rings is 1. The molecule has 1 aromatic heterocycles. The molecule has 0 bridgehead atoms. The van der Waals surface area contributed by atoms with Gasteiger partial charge in [0, 0.05) is 29.2 Å². The van der Waals surface area contributed by atoms with E-state index in [1.54, 1.807) is 18.3 Å². The number of aromatic nitrogens is 1. The van der Waals surface area contributed by atoms with Crippen molar-refractivity contribution in [2.24, 2.45) is 22.9 Å². The van der Waals surface area contributed by atoms with Crippen LogP contribution in [0.1, 0.15) is 84.5 Å². The fourth-order valence-corrected chi connectivity index (χ4v) is 5.45.